The van der Waals surface area contributed by atoms with Crippen molar-refractivity contribution in [2.45, 2.75) is 26.4 Å². The molecule has 1 atom stereocenters. The first-order valence-electron chi connectivity index (χ1n) is 6.27. The molecule has 0 saturated carbocycles. The summed E-state index contributed by atoms with van der Waals surface area (Å²) in [5.74, 6) is -0.0314. The second-order valence-corrected chi connectivity index (χ2v) is 6.19. The van der Waals surface area contributed by atoms with Crippen molar-refractivity contribution >= 4 is 22.0 Å². The Hall–Kier alpha value is -1.82. The van der Waals surface area contributed by atoms with Gasteiger partial charge in [-0.3, -0.25) is 4.79 Å². The predicted molar refractivity (Wildman–Crippen MR) is 78.8 cm³/mol. The Labute approximate surface area is 119 Å². The monoisotopic (exact) mass is 297 g/mol. The minimum Gasteiger partial charge on any atom is -0.490 e. The second kappa shape index (κ2) is 7.09. The van der Waals surface area contributed by atoms with E-state index in [0.29, 0.717) is 5.75 Å². The molecule has 1 amide bonds. The lowest BCUT2D eigenvalue weighted by atomic mass is 10.2. The van der Waals surface area contributed by atoms with Crippen LogP contribution in [0.2, 0.25) is 0 Å². The number of carbonyl (C=O) groups excluding carboxylic acids is 1. The van der Waals surface area contributed by atoms with Gasteiger partial charge in [0.15, 0.2) is 0 Å². The molecule has 1 aromatic carbocycles. The van der Waals surface area contributed by atoms with Gasteiger partial charge in [0.25, 0.3) is 5.91 Å². The van der Waals surface area contributed by atoms with Crippen LogP contribution >= 0.6 is 0 Å². The standard InChI is InChI=1S/C14H19NO4S/c1-4-11(2)19-13-8-6-5-7-12(13)9-10-14(16)15-20(3,17)18/h5-11H,4H2,1-3H3,(H,15,16)/b10-9-/t11-/m1/s1. The molecule has 0 spiro atoms. The van der Waals surface area contributed by atoms with Crippen LogP contribution in [0.5, 0.6) is 5.75 Å². The van der Waals surface area contributed by atoms with E-state index in [-0.39, 0.29) is 6.10 Å². The summed E-state index contributed by atoms with van der Waals surface area (Å²) in [5.41, 5.74) is 0.719. The highest BCUT2D eigenvalue weighted by molar-refractivity contribution is 7.89. The molecular weight excluding hydrogens is 278 g/mol. The van der Waals surface area contributed by atoms with Crippen LogP contribution in [-0.2, 0) is 14.8 Å². The molecule has 1 N–H and O–H groups in total. The zero-order valence-electron chi connectivity index (χ0n) is 11.8. The molecule has 0 saturated heterocycles. The minimum absolute atomic E-state index is 0.0643. The fourth-order valence-corrected chi connectivity index (χ4v) is 1.84. The van der Waals surface area contributed by atoms with E-state index in [1.807, 2.05) is 30.7 Å². The molecule has 0 aromatic heterocycles. The van der Waals surface area contributed by atoms with Crippen molar-refractivity contribution in [3.05, 3.63) is 35.9 Å². The first-order valence-corrected chi connectivity index (χ1v) is 8.16. The van der Waals surface area contributed by atoms with Gasteiger partial charge >= 0.3 is 0 Å². The normalized spacial score (nSPS) is 13.2. The number of hydrogen-bond donors (Lipinski definition) is 1. The second-order valence-electron chi connectivity index (χ2n) is 4.45. The molecule has 0 aliphatic heterocycles. The third-order valence-electron chi connectivity index (χ3n) is 2.52. The zero-order chi connectivity index (χ0) is 15.2. The van der Waals surface area contributed by atoms with Crippen molar-refractivity contribution < 1.29 is 17.9 Å². The van der Waals surface area contributed by atoms with Gasteiger partial charge in [0.1, 0.15) is 5.75 Å². The molecule has 0 bridgehead atoms. The Kier molecular flexibility index (Phi) is 5.76. The molecule has 0 unspecified atom stereocenters. The number of benzene rings is 1. The van der Waals surface area contributed by atoms with Gasteiger partial charge in [0.2, 0.25) is 10.0 Å². The van der Waals surface area contributed by atoms with Crippen molar-refractivity contribution in [2.24, 2.45) is 0 Å². The minimum atomic E-state index is -3.54. The van der Waals surface area contributed by atoms with E-state index < -0.39 is 15.9 Å². The number of amides is 1. The van der Waals surface area contributed by atoms with E-state index in [9.17, 15) is 13.2 Å². The van der Waals surface area contributed by atoms with Gasteiger partial charge in [-0.15, -0.1) is 0 Å². The van der Waals surface area contributed by atoms with E-state index in [2.05, 4.69) is 0 Å². The molecule has 20 heavy (non-hydrogen) atoms. The van der Waals surface area contributed by atoms with Gasteiger partial charge in [0, 0.05) is 11.6 Å². The molecule has 0 heterocycles. The van der Waals surface area contributed by atoms with Crippen LogP contribution in [0, 0.1) is 0 Å². The van der Waals surface area contributed by atoms with E-state index >= 15 is 0 Å². The lowest BCUT2D eigenvalue weighted by molar-refractivity contribution is -0.114. The van der Waals surface area contributed by atoms with Gasteiger partial charge < -0.3 is 4.74 Å². The summed E-state index contributed by atoms with van der Waals surface area (Å²) < 4.78 is 29.4. The van der Waals surface area contributed by atoms with Crippen LogP contribution in [0.1, 0.15) is 25.8 Å². The highest BCUT2D eigenvalue weighted by Crippen LogP contribution is 2.21. The molecule has 0 aliphatic rings. The number of nitrogens with one attached hydrogen (secondary N) is 1. The smallest absolute Gasteiger partial charge is 0.257 e. The van der Waals surface area contributed by atoms with E-state index in [0.717, 1.165) is 18.2 Å². The topological polar surface area (TPSA) is 72.5 Å². The van der Waals surface area contributed by atoms with Gasteiger partial charge in [-0.25, -0.2) is 13.1 Å². The third-order valence-corrected chi connectivity index (χ3v) is 3.09. The Bertz CT molecular complexity index is 593. The zero-order valence-corrected chi connectivity index (χ0v) is 12.6. The molecule has 1 rings (SSSR count). The molecule has 0 aliphatic carbocycles. The number of ether oxygens (including phenoxy) is 1. The van der Waals surface area contributed by atoms with Crippen LogP contribution < -0.4 is 9.46 Å². The summed E-state index contributed by atoms with van der Waals surface area (Å²) in [4.78, 5) is 11.4. The Morgan fingerprint density at radius 2 is 2.05 bits per heavy atom. The lowest BCUT2D eigenvalue weighted by Crippen LogP contribution is -2.27. The first-order chi connectivity index (χ1) is 9.31. The summed E-state index contributed by atoms with van der Waals surface area (Å²) in [5, 5.41) is 0. The number of para-hydroxylation sites is 1. The highest BCUT2D eigenvalue weighted by atomic mass is 32.2. The van der Waals surface area contributed by atoms with E-state index in [1.165, 1.54) is 12.2 Å². The van der Waals surface area contributed by atoms with Crippen LogP contribution in [0.15, 0.2) is 30.3 Å². The van der Waals surface area contributed by atoms with E-state index in [4.69, 9.17) is 4.74 Å². The van der Waals surface area contributed by atoms with Crippen LogP contribution in [-0.4, -0.2) is 26.7 Å². The summed E-state index contributed by atoms with van der Waals surface area (Å²) >= 11 is 0. The van der Waals surface area contributed by atoms with Crippen molar-refractivity contribution in [1.29, 1.82) is 0 Å². The fourth-order valence-electron chi connectivity index (χ4n) is 1.41. The molecule has 110 valence electrons. The largest absolute Gasteiger partial charge is 0.490 e. The van der Waals surface area contributed by atoms with Crippen molar-refractivity contribution in [1.82, 2.24) is 4.72 Å². The molecule has 6 heteroatoms. The van der Waals surface area contributed by atoms with Crippen molar-refractivity contribution in [3.63, 3.8) is 0 Å². The van der Waals surface area contributed by atoms with Gasteiger partial charge in [0.05, 0.1) is 12.4 Å². The SMILES string of the molecule is CC[C@@H](C)Oc1ccccc1/C=C\C(=O)NS(C)(=O)=O. The average molecular weight is 297 g/mol. The summed E-state index contributed by atoms with van der Waals surface area (Å²) in [6.45, 7) is 3.97. The van der Waals surface area contributed by atoms with Crippen molar-refractivity contribution in [3.8, 4) is 5.75 Å². The van der Waals surface area contributed by atoms with Gasteiger partial charge in [-0.1, -0.05) is 25.1 Å². The van der Waals surface area contributed by atoms with Crippen molar-refractivity contribution in [2.75, 3.05) is 6.26 Å². The third kappa shape index (κ3) is 5.88. The van der Waals surface area contributed by atoms with Crippen LogP contribution in [0.3, 0.4) is 0 Å². The summed E-state index contributed by atoms with van der Waals surface area (Å²) in [6, 6.07) is 7.26. The molecule has 0 fully saturated rings. The number of carbonyl (C=O) groups is 1. The Morgan fingerprint density at radius 1 is 1.40 bits per heavy atom. The van der Waals surface area contributed by atoms with Gasteiger partial charge in [-0.2, -0.15) is 0 Å². The molecule has 1 aromatic rings. The number of sulfonamides is 1. The fraction of sp³-hybridized carbons (Fsp3) is 0.357. The quantitative estimate of drug-likeness (QED) is 0.815. The maximum Gasteiger partial charge on any atom is 0.257 e. The molecular formula is C14H19NO4S. The summed E-state index contributed by atoms with van der Waals surface area (Å²) in [7, 11) is -3.54. The maximum atomic E-state index is 11.4. The maximum absolute atomic E-state index is 11.4. The average Bonchev–Trinajstić information content (AvgIpc) is 2.35. The lowest BCUT2D eigenvalue weighted by Gasteiger charge is -2.14. The van der Waals surface area contributed by atoms with Gasteiger partial charge in [-0.05, 0) is 25.5 Å². The number of hydrogen-bond acceptors (Lipinski definition) is 4. The van der Waals surface area contributed by atoms with Crippen LogP contribution in [0.4, 0.5) is 0 Å². The van der Waals surface area contributed by atoms with E-state index in [1.54, 1.807) is 12.1 Å². The molecule has 0 radical (unpaired) electrons. The number of rotatable bonds is 6. The Morgan fingerprint density at radius 3 is 2.65 bits per heavy atom. The highest BCUT2D eigenvalue weighted by Gasteiger charge is 2.07. The Balaban J connectivity index is 2.84. The predicted octanol–water partition coefficient (Wildman–Crippen LogP) is 1.95. The summed E-state index contributed by atoms with van der Waals surface area (Å²) in [6.07, 6.45) is 4.55. The first kappa shape index (κ1) is 16.2. The van der Waals surface area contributed by atoms with Crippen LogP contribution in [0.25, 0.3) is 6.08 Å². The molecule has 5 nitrogen and oxygen atoms in total.